The van der Waals surface area contributed by atoms with E-state index in [-0.39, 0.29) is 111 Å². The van der Waals surface area contributed by atoms with Gasteiger partial charge in [-0.3, -0.25) is 4.79 Å². The van der Waals surface area contributed by atoms with E-state index >= 15 is 0 Å². The van der Waals surface area contributed by atoms with Crippen molar-refractivity contribution in [2.24, 2.45) is 17.8 Å². The first-order valence-corrected chi connectivity index (χ1v) is 45.0. The first-order chi connectivity index (χ1) is 50.9. The number of carbonyl (C=O) groups excluding carboxylic acids is 1. The summed E-state index contributed by atoms with van der Waals surface area (Å²) in [6.45, 7) is 19.5. The largest absolute Gasteiger partial charge is 1.00 e. The number of halogens is 8. The van der Waals surface area contributed by atoms with E-state index in [0.717, 1.165) is 160 Å². The molecule has 572 valence electrons. The zero-order valence-electron chi connectivity index (χ0n) is 63.8. The summed E-state index contributed by atoms with van der Waals surface area (Å²) in [7, 11) is -1.41. The Kier molecular flexibility index (Phi) is 58.1. The fourth-order valence-electron chi connectivity index (χ4n) is 9.55. The normalized spacial score (nSPS) is 10.4. The summed E-state index contributed by atoms with van der Waals surface area (Å²) in [6.07, 6.45) is 15.9. The topological polar surface area (TPSA) is 251 Å². The van der Waals surface area contributed by atoms with Crippen LogP contribution in [0.2, 0.25) is 0 Å². The van der Waals surface area contributed by atoms with Crippen molar-refractivity contribution >= 4 is 187 Å². The number of fused-ring (bicyclic) bond motifs is 4. The number of H-pyrrole nitrogens is 1. The van der Waals surface area contributed by atoms with Crippen molar-refractivity contribution in [2.45, 2.75) is 152 Å². The summed E-state index contributed by atoms with van der Waals surface area (Å²) >= 11 is 26.2. The van der Waals surface area contributed by atoms with Crippen LogP contribution in [0.3, 0.4) is 0 Å². The Bertz CT molecular complexity index is 3900. The maximum absolute atomic E-state index is 8.85. The minimum Gasteiger partial charge on any atom is -1.00 e. The van der Waals surface area contributed by atoms with Crippen LogP contribution in [-0.4, -0.2) is 125 Å². The average molecular weight is 2040 g/mol. The second-order valence-corrected chi connectivity index (χ2v) is 30.0. The van der Waals surface area contributed by atoms with E-state index < -0.39 is 7.12 Å². The number of nitrogens with one attached hydrogen (secondary N) is 1. The van der Waals surface area contributed by atoms with Crippen LogP contribution in [0.5, 0.6) is 17.2 Å². The summed E-state index contributed by atoms with van der Waals surface area (Å²) in [5, 5.41) is 68.5. The molecule has 0 fully saturated rings. The fourth-order valence-corrected chi connectivity index (χ4v) is 11.9. The predicted molar refractivity (Wildman–Crippen MR) is 457 cm³/mol. The van der Waals surface area contributed by atoms with Gasteiger partial charge in [0.1, 0.15) is 61.4 Å². The van der Waals surface area contributed by atoms with E-state index in [9.17, 15) is 0 Å². The van der Waals surface area contributed by atoms with Crippen LogP contribution in [-0.2, 0) is 29.3 Å². The van der Waals surface area contributed by atoms with Crippen molar-refractivity contribution in [3.8, 4) is 39.5 Å². The number of ether oxygens (including phenoxy) is 3. The number of aromatic amines is 1. The first-order valence-electron chi connectivity index (χ1n) is 35.2. The number of para-hydroxylation sites is 2. The van der Waals surface area contributed by atoms with Gasteiger partial charge in [-0.2, -0.15) is 60.4 Å². The maximum Gasteiger partial charge on any atom is 1.00 e. The fraction of sp³-hybridized carbons (Fsp3) is 0.434. The number of hydrogen-bond donors (Lipinski definition) is 3. The number of unbranched alkanes of at least 4 members (excludes halogenated alkanes) is 9. The summed E-state index contributed by atoms with van der Waals surface area (Å²) in [6, 6.07) is 47.3. The van der Waals surface area contributed by atoms with Gasteiger partial charge in [-0.15, -0.1) is 0 Å². The van der Waals surface area contributed by atoms with Gasteiger partial charge in [0, 0.05) is 69.6 Å². The van der Waals surface area contributed by atoms with Gasteiger partial charge >= 0.3 is 110 Å². The number of alkyl halides is 4. The molecule has 0 radical (unpaired) electrons. The number of rotatable bonds is 32. The Morgan fingerprint density at radius 3 is 1.07 bits per heavy atom. The number of benzene rings is 7. The molecular weight excluding hydrogens is 1940 g/mol. The van der Waals surface area contributed by atoms with Crippen LogP contribution >= 0.6 is 124 Å². The third-order valence-corrected chi connectivity index (χ3v) is 18.4. The van der Waals surface area contributed by atoms with E-state index in [2.05, 4.69) is 249 Å². The van der Waals surface area contributed by atoms with Crippen molar-refractivity contribution in [3.63, 3.8) is 0 Å². The molecule has 0 aliphatic carbocycles. The molecule has 0 bridgehead atoms. The van der Waals surface area contributed by atoms with Crippen molar-refractivity contribution in [1.29, 1.82) is 0 Å². The molecule has 31 heteroatoms. The standard InChI is InChI=1S/C31H38BrN3O2.C11H12Br3N3.C11H14BrN3.C10H15BO3.C6H13Br.C6H5N3.CH2O3.Br2.2K.H/c1-22(2)20-36-26-12-8-24(9-13-26)28-16-17-29(25-10-14-27(15-11-25)37-21-23(3)4)31-30(28)33-35(34-31)19-7-5-6-18-32;12-6-2-1-3-7-17-15-10-8(13)4-5-9(14)11(10)16-17;12-8-4-1-5-9-15-13-10-6-2-3-7-11(10)14-15;1-8(2)7-14-10-5-3-9(4-6-10)11(12)13;1-2-3-4-5-6-7;1-2-4-6-5(3-1)7-9-8-6;2-1-4-3;1-2;;;/h8-17,22-23H,5-7,18-21H2,1-4H3;4-5H,1-3,6-7H2;2-3,6-7H,1,4-5,8-9H2;3-6,8,12-13H,7H2,1-2H3;2-6H2,1H3;1-4H,(H,7,8,9);1,3H;;;;/q;;;;;;;;2*+1;-1/p-1. The maximum atomic E-state index is 8.85. The third-order valence-electron chi connectivity index (χ3n) is 14.9. The molecule has 0 saturated carbocycles. The van der Waals surface area contributed by atoms with Crippen molar-refractivity contribution in [3.05, 3.63) is 155 Å². The van der Waals surface area contributed by atoms with Crippen LogP contribution in [0.4, 0.5) is 0 Å². The molecule has 0 aliphatic rings. The molecule has 0 aliphatic heterocycles. The Morgan fingerprint density at radius 2 is 0.757 bits per heavy atom. The number of nitrogens with zero attached hydrogens (tertiary/aromatic N) is 11. The number of aryl methyl sites for hydroxylation is 3. The van der Waals surface area contributed by atoms with Crippen molar-refractivity contribution in [2.75, 3.05) is 41.1 Å². The number of hydrogen-bond acceptors (Lipinski definition) is 16. The molecule has 0 saturated heterocycles. The summed E-state index contributed by atoms with van der Waals surface area (Å²) in [5.74, 6) is 4.00. The van der Waals surface area contributed by atoms with Crippen molar-refractivity contribution < 1.29 is 143 Å². The molecule has 0 spiro atoms. The van der Waals surface area contributed by atoms with Gasteiger partial charge in [0.15, 0.2) is 0 Å². The molecule has 20 nitrogen and oxygen atoms in total. The van der Waals surface area contributed by atoms with Gasteiger partial charge in [-0.05, 0) is 184 Å². The summed E-state index contributed by atoms with van der Waals surface area (Å²) in [5.41, 5.74) is 12.3. The van der Waals surface area contributed by atoms with Crippen LogP contribution in [0.15, 0.2) is 155 Å². The average Bonchev–Trinajstić information content (AvgIpc) is 1.88. The molecular formula is C76H99BBr8K2N12O8. The molecule has 7 aromatic carbocycles. The zero-order chi connectivity index (χ0) is 76.6. The van der Waals surface area contributed by atoms with Gasteiger partial charge in [-0.25, -0.2) is 0 Å². The monoisotopic (exact) mass is 2030 g/mol. The predicted octanol–water partition coefficient (Wildman–Crippen LogP) is 14.5. The van der Waals surface area contributed by atoms with E-state index in [1.165, 1.54) is 56.7 Å². The zero-order valence-corrected chi connectivity index (χ0v) is 81.7. The molecule has 3 N–H and O–H groups in total. The van der Waals surface area contributed by atoms with Crippen LogP contribution in [0, 0.1) is 17.8 Å². The Labute approximate surface area is 784 Å². The van der Waals surface area contributed by atoms with Crippen molar-refractivity contribution in [1.82, 2.24) is 60.4 Å². The van der Waals surface area contributed by atoms with Gasteiger partial charge < -0.3 is 35.8 Å². The van der Waals surface area contributed by atoms with E-state index in [1.807, 2.05) is 89.7 Å². The van der Waals surface area contributed by atoms with Gasteiger partial charge in [0.2, 0.25) is 0 Å². The molecule has 107 heavy (non-hydrogen) atoms. The van der Waals surface area contributed by atoms with Gasteiger partial charge in [-0.1, -0.05) is 224 Å². The second kappa shape index (κ2) is 61.5. The molecule has 4 heterocycles. The van der Waals surface area contributed by atoms with Crippen LogP contribution < -0.4 is 128 Å². The van der Waals surface area contributed by atoms with Gasteiger partial charge in [0.05, 0.1) is 39.5 Å². The molecule has 11 aromatic rings. The van der Waals surface area contributed by atoms with Crippen LogP contribution in [0.25, 0.3) is 66.4 Å². The van der Waals surface area contributed by atoms with Gasteiger partial charge in [0.25, 0.3) is 6.47 Å². The first kappa shape index (κ1) is 101. The smallest absolute Gasteiger partial charge is 1.00 e. The Balaban J connectivity index is 0.000000692. The van der Waals surface area contributed by atoms with E-state index in [0.29, 0.717) is 43.0 Å². The molecule has 0 amide bonds. The van der Waals surface area contributed by atoms with E-state index in [1.54, 1.807) is 33.9 Å². The second-order valence-electron chi connectivity index (χ2n) is 25.1. The third kappa shape index (κ3) is 40.3. The molecule has 4 aromatic heterocycles. The number of carbonyl (C=O) groups is 1. The van der Waals surface area contributed by atoms with E-state index in [4.69, 9.17) is 44.5 Å². The summed E-state index contributed by atoms with van der Waals surface area (Å²) in [4.78, 5) is 16.7. The Hall–Kier alpha value is -1.93. The molecule has 0 atom stereocenters. The number of aromatic nitrogens is 12. The quantitative estimate of drug-likeness (QED) is 0.00885. The SMILES string of the molecule is BrBr.BrCCCCCn1nc2c(Br)ccc(Br)c2n1.BrCCCCCn1nc2ccccc2n1.CC(C)COc1ccc(-c2ccc(-c3ccc(OCC(C)C)cc3)c3nn(CCCCCBr)nc23)cc1.CC(C)COc1ccc(B(O)O)cc1.CCCCCCBr.O=CO[O-].[H-].[K+].[K+].c1ccc2n[nH]nc2c1. The Morgan fingerprint density at radius 1 is 0.449 bits per heavy atom. The minimum absolute atomic E-state index is 0. The minimum atomic E-state index is -1.41. The molecule has 0 unspecified atom stereocenters. The van der Waals surface area contributed by atoms with Crippen LogP contribution in [0.1, 0.15) is 133 Å². The molecule has 11 rings (SSSR count). The summed E-state index contributed by atoms with van der Waals surface area (Å²) < 4.78 is 19.2.